The number of aromatic nitrogens is 4. The fourth-order valence-corrected chi connectivity index (χ4v) is 3.54. The molecule has 27 heavy (non-hydrogen) atoms. The van der Waals surface area contributed by atoms with Gasteiger partial charge in [-0.3, -0.25) is 4.79 Å². The van der Waals surface area contributed by atoms with Gasteiger partial charge in [0.1, 0.15) is 16.3 Å². The number of unbranched alkanes of at least 4 members (excludes halogenated alkanes) is 1. The number of alkyl halides is 3. The number of carbonyl (C=O) groups is 1. The maximum absolute atomic E-state index is 13.2. The fourth-order valence-electron chi connectivity index (χ4n) is 2.42. The number of nitrogens with zero attached hydrogens (tertiary/aromatic N) is 5. The van der Waals surface area contributed by atoms with E-state index >= 15 is 0 Å². The molecular weight excluding hydrogens is 403 g/mol. The van der Waals surface area contributed by atoms with Gasteiger partial charge in [0.25, 0.3) is 5.91 Å². The summed E-state index contributed by atoms with van der Waals surface area (Å²) in [4.78, 5) is 28.9. The first kappa shape index (κ1) is 19.4. The summed E-state index contributed by atoms with van der Waals surface area (Å²) in [6.07, 6.45) is 0.684. The molecule has 0 atom stereocenters. The molecule has 0 aromatic carbocycles. The van der Waals surface area contributed by atoms with Crippen molar-refractivity contribution in [2.45, 2.75) is 32.5 Å². The molecule has 142 valence electrons. The maximum atomic E-state index is 13.2. The molecule has 0 aliphatic rings. The molecular formula is C16H13ClF3N5OS. The second kappa shape index (κ2) is 7.73. The van der Waals surface area contributed by atoms with E-state index in [9.17, 15) is 18.0 Å². The minimum absolute atomic E-state index is 0.257. The Hall–Kier alpha value is -2.33. The molecule has 3 heterocycles. The number of halogens is 4. The zero-order chi connectivity index (χ0) is 19.6. The van der Waals surface area contributed by atoms with Gasteiger partial charge in [0, 0.05) is 12.7 Å². The highest BCUT2D eigenvalue weighted by molar-refractivity contribution is 7.15. The number of carbonyl (C=O) groups excluding carboxylic acids is 1. The van der Waals surface area contributed by atoms with Crippen LogP contribution in [0.15, 0.2) is 29.8 Å². The van der Waals surface area contributed by atoms with Crippen molar-refractivity contribution in [3.05, 3.63) is 45.9 Å². The summed E-state index contributed by atoms with van der Waals surface area (Å²) in [5.74, 6) is -1.05. The Morgan fingerprint density at radius 2 is 2.11 bits per heavy atom. The first-order valence-corrected chi connectivity index (χ1v) is 9.12. The van der Waals surface area contributed by atoms with Gasteiger partial charge in [-0.15, -0.1) is 0 Å². The Kier molecular flexibility index (Phi) is 5.56. The van der Waals surface area contributed by atoms with Crippen molar-refractivity contribution in [3.8, 4) is 0 Å². The minimum atomic E-state index is -4.75. The largest absolute Gasteiger partial charge is 0.417 e. The molecule has 0 aliphatic heterocycles. The number of rotatable bonds is 4. The Balaban J connectivity index is 2.14. The lowest BCUT2D eigenvalue weighted by Crippen LogP contribution is -2.19. The van der Waals surface area contributed by atoms with Crippen LogP contribution in [-0.4, -0.2) is 25.4 Å². The molecule has 1 amide bonds. The van der Waals surface area contributed by atoms with Crippen molar-refractivity contribution < 1.29 is 18.0 Å². The van der Waals surface area contributed by atoms with Gasteiger partial charge in [0.2, 0.25) is 0 Å². The minimum Gasteiger partial charge on any atom is -0.314 e. The zero-order valence-corrected chi connectivity index (χ0v) is 15.6. The molecule has 0 saturated heterocycles. The molecule has 0 spiro atoms. The topological polar surface area (TPSA) is 73.0 Å². The van der Waals surface area contributed by atoms with E-state index in [0.29, 0.717) is 23.0 Å². The molecule has 3 aromatic rings. The smallest absolute Gasteiger partial charge is 0.314 e. The normalized spacial score (nSPS) is 12.7. The van der Waals surface area contributed by atoms with Crippen LogP contribution >= 0.6 is 22.9 Å². The molecule has 11 heteroatoms. The summed E-state index contributed by atoms with van der Waals surface area (Å²) in [6.45, 7) is 2.55. The highest BCUT2D eigenvalue weighted by Gasteiger charge is 2.36. The van der Waals surface area contributed by atoms with Crippen molar-refractivity contribution in [2.24, 2.45) is 4.99 Å². The second-order valence-corrected chi connectivity index (χ2v) is 6.91. The number of aryl methyl sites for hydroxylation is 1. The first-order valence-electron chi connectivity index (χ1n) is 7.92. The predicted octanol–water partition coefficient (Wildman–Crippen LogP) is 4.10. The number of hydrogen-bond acceptors (Lipinski definition) is 5. The number of amides is 1. The van der Waals surface area contributed by atoms with Gasteiger partial charge in [-0.05, 0) is 12.5 Å². The number of thiazole rings is 1. The third-order valence-electron chi connectivity index (χ3n) is 3.71. The molecule has 0 bridgehead atoms. The van der Waals surface area contributed by atoms with Gasteiger partial charge in [-0.25, -0.2) is 15.0 Å². The van der Waals surface area contributed by atoms with Gasteiger partial charge in [-0.1, -0.05) is 36.3 Å². The van der Waals surface area contributed by atoms with Crippen LogP contribution in [0, 0.1) is 0 Å². The molecule has 0 saturated carbocycles. The third kappa shape index (κ3) is 4.16. The zero-order valence-electron chi connectivity index (χ0n) is 14.0. The van der Waals surface area contributed by atoms with E-state index in [1.54, 1.807) is 10.8 Å². The lowest BCUT2D eigenvalue weighted by atomic mass is 10.1. The van der Waals surface area contributed by atoms with Crippen LogP contribution in [-0.2, 0) is 12.7 Å². The van der Waals surface area contributed by atoms with Crippen molar-refractivity contribution >= 4 is 39.2 Å². The van der Waals surface area contributed by atoms with E-state index in [2.05, 4.69) is 19.9 Å². The average molecular weight is 416 g/mol. The van der Waals surface area contributed by atoms with Crippen LogP contribution in [0.5, 0.6) is 0 Å². The Morgan fingerprint density at radius 3 is 2.81 bits per heavy atom. The quantitative estimate of drug-likeness (QED) is 0.601. The van der Waals surface area contributed by atoms with E-state index in [4.69, 9.17) is 11.6 Å². The van der Waals surface area contributed by atoms with Crippen molar-refractivity contribution in [1.82, 2.24) is 19.5 Å². The summed E-state index contributed by atoms with van der Waals surface area (Å²) < 4.78 is 41.5. The molecule has 0 fully saturated rings. The average Bonchev–Trinajstić information content (AvgIpc) is 2.96. The fraction of sp³-hybridized carbons (Fsp3) is 0.312. The predicted molar refractivity (Wildman–Crippen MR) is 94.5 cm³/mol. The van der Waals surface area contributed by atoms with Gasteiger partial charge >= 0.3 is 6.18 Å². The molecule has 3 rings (SSSR count). The van der Waals surface area contributed by atoms with E-state index < -0.39 is 23.2 Å². The van der Waals surface area contributed by atoms with Gasteiger partial charge in [-0.2, -0.15) is 18.2 Å². The maximum Gasteiger partial charge on any atom is 0.417 e. The highest BCUT2D eigenvalue weighted by Crippen LogP contribution is 2.33. The first-order chi connectivity index (χ1) is 12.8. The van der Waals surface area contributed by atoms with E-state index in [1.807, 2.05) is 6.92 Å². The second-order valence-electron chi connectivity index (χ2n) is 5.57. The summed E-state index contributed by atoms with van der Waals surface area (Å²) in [7, 11) is 0. The lowest BCUT2D eigenvalue weighted by molar-refractivity contribution is -0.138. The van der Waals surface area contributed by atoms with Crippen LogP contribution in [0.1, 0.15) is 35.7 Å². The van der Waals surface area contributed by atoms with Crippen molar-refractivity contribution in [2.75, 3.05) is 0 Å². The van der Waals surface area contributed by atoms with Crippen LogP contribution in [0.3, 0.4) is 0 Å². The standard InChI is InChI=1S/C16H13ClF3N5OS/c1-2-3-4-25-11-7-21-8-23-14(11)27-15(25)24-13(26)9-6-22-12(17)5-10(9)16(18,19)20/h5-8H,2-4H2,1H3. The summed E-state index contributed by atoms with van der Waals surface area (Å²) in [5.41, 5.74) is -1.15. The molecule has 0 aliphatic carbocycles. The van der Waals surface area contributed by atoms with Gasteiger partial charge < -0.3 is 4.57 Å². The Bertz CT molecular complexity index is 1060. The molecule has 3 aromatic heterocycles. The third-order valence-corrected chi connectivity index (χ3v) is 4.91. The number of hydrogen-bond donors (Lipinski definition) is 0. The van der Waals surface area contributed by atoms with Gasteiger partial charge in [0.05, 0.1) is 22.8 Å². The van der Waals surface area contributed by atoms with E-state index in [0.717, 1.165) is 30.4 Å². The number of fused-ring (bicyclic) bond motifs is 1. The van der Waals surface area contributed by atoms with Crippen LogP contribution < -0.4 is 4.80 Å². The van der Waals surface area contributed by atoms with E-state index in [1.165, 1.54) is 6.33 Å². The summed E-state index contributed by atoms with van der Waals surface area (Å²) in [6, 6.07) is 0.617. The molecule has 0 radical (unpaired) electrons. The Labute approximate surface area is 160 Å². The van der Waals surface area contributed by atoms with Gasteiger partial charge in [0.15, 0.2) is 4.80 Å². The van der Waals surface area contributed by atoms with Crippen molar-refractivity contribution in [1.29, 1.82) is 0 Å². The van der Waals surface area contributed by atoms with E-state index in [-0.39, 0.29) is 9.95 Å². The van der Waals surface area contributed by atoms with Crippen LogP contribution in [0.2, 0.25) is 5.15 Å². The number of pyridine rings is 1. The Morgan fingerprint density at radius 1 is 1.33 bits per heavy atom. The highest BCUT2D eigenvalue weighted by atomic mass is 35.5. The molecule has 6 nitrogen and oxygen atoms in total. The summed E-state index contributed by atoms with van der Waals surface area (Å²) in [5, 5.41) is -0.353. The van der Waals surface area contributed by atoms with Crippen LogP contribution in [0.25, 0.3) is 10.3 Å². The molecule has 0 unspecified atom stereocenters. The molecule has 0 N–H and O–H groups in total. The lowest BCUT2D eigenvalue weighted by Gasteiger charge is -2.10. The van der Waals surface area contributed by atoms with Crippen LogP contribution in [0.4, 0.5) is 13.2 Å². The SMILES string of the molecule is CCCCn1c(=NC(=O)c2cnc(Cl)cc2C(F)(F)F)sc2ncncc21. The summed E-state index contributed by atoms with van der Waals surface area (Å²) >= 11 is 6.66. The monoisotopic (exact) mass is 415 g/mol. The van der Waals surface area contributed by atoms with Crippen molar-refractivity contribution in [3.63, 3.8) is 0 Å².